The zero-order valence-electron chi connectivity index (χ0n) is 19.9. The third kappa shape index (κ3) is 6.27. The van der Waals surface area contributed by atoms with E-state index in [4.69, 9.17) is 19.8 Å². The first kappa shape index (κ1) is 25.4. The molecule has 0 bridgehead atoms. The Morgan fingerprint density at radius 1 is 0.972 bits per heavy atom. The Labute approximate surface area is 209 Å². The van der Waals surface area contributed by atoms with Crippen LogP contribution in [0.15, 0.2) is 54.6 Å². The van der Waals surface area contributed by atoms with Crippen LogP contribution in [0, 0.1) is 11.3 Å². The Bertz CT molecular complexity index is 1110. The van der Waals surface area contributed by atoms with Crippen LogP contribution in [0.3, 0.4) is 0 Å². The average Bonchev–Trinajstić information content (AvgIpc) is 3.35. The average molecular weight is 492 g/mol. The quantitative estimate of drug-likeness (QED) is 0.602. The summed E-state index contributed by atoms with van der Waals surface area (Å²) in [5.74, 6) is -1.43. The molecule has 1 N–H and O–H groups in total. The number of rotatable bonds is 8. The van der Waals surface area contributed by atoms with Gasteiger partial charge < -0.3 is 24.4 Å². The molecule has 0 radical (unpaired) electrons. The van der Waals surface area contributed by atoms with Gasteiger partial charge in [-0.1, -0.05) is 30.3 Å². The molecule has 2 aromatic rings. The van der Waals surface area contributed by atoms with Crippen molar-refractivity contribution in [2.24, 2.45) is 0 Å². The van der Waals surface area contributed by atoms with Crippen LogP contribution in [0.2, 0.25) is 0 Å². The van der Waals surface area contributed by atoms with Gasteiger partial charge in [-0.2, -0.15) is 5.26 Å². The van der Waals surface area contributed by atoms with Crippen LogP contribution in [0.5, 0.6) is 0 Å². The summed E-state index contributed by atoms with van der Waals surface area (Å²) in [5.41, 5.74) is 1.88. The first-order chi connectivity index (χ1) is 17.4. The van der Waals surface area contributed by atoms with Crippen LogP contribution in [0.4, 0.5) is 0 Å². The van der Waals surface area contributed by atoms with E-state index in [1.807, 2.05) is 36.4 Å². The zero-order chi connectivity index (χ0) is 25.5. The highest BCUT2D eigenvalue weighted by atomic mass is 16.5. The number of nitrogens with zero attached hydrogens (tertiary/aromatic N) is 3. The summed E-state index contributed by atoms with van der Waals surface area (Å²) in [4.78, 5) is 41.0. The molecule has 2 aliphatic heterocycles. The Morgan fingerprint density at radius 2 is 1.67 bits per heavy atom. The molecule has 0 spiro atoms. The van der Waals surface area contributed by atoms with Gasteiger partial charge in [0.25, 0.3) is 5.91 Å². The fraction of sp³-hybridized carbons (Fsp3) is 0.407. The number of carboxylic acids is 1. The minimum Gasteiger partial charge on any atom is -0.480 e. The molecular weight excluding hydrogens is 462 g/mol. The second-order valence-electron chi connectivity index (χ2n) is 9.05. The maximum atomic E-state index is 13.5. The van der Waals surface area contributed by atoms with E-state index in [-0.39, 0.29) is 30.6 Å². The summed E-state index contributed by atoms with van der Waals surface area (Å²) >= 11 is 0. The van der Waals surface area contributed by atoms with Crippen molar-refractivity contribution in [1.29, 1.82) is 5.26 Å². The number of amides is 2. The molecule has 9 nitrogen and oxygen atoms in total. The Kier molecular flexibility index (Phi) is 8.31. The van der Waals surface area contributed by atoms with E-state index in [1.54, 1.807) is 34.1 Å². The number of likely N-dealkylation sites (tertiary alicyclic amines) is 2. The van der Waals surface area contributed by atoms with Crippen molar-refractivity contribution in [3.63, 3.8) is 0 Å². The van der Waals surface area contributed by atoms with Gasteiger partial charge in [-0.25, -0.2) is 4.79 Å². The smallest absolute Gasteiger partial charge is 0.329 e. The molecule has 2 atom stereocenters. The van der Waals surface area contributed by atoms with E-state index in [1.165, 1.54) is 0 Å². The van der Waals surface area contributed by atoms with Crippen LogP contribution in [0.1, 0.15) is 40.7 Å². The molecule has 4 rings (SSSR count). The number of carbonyl (C=O) groups is 3. The second-order valence-corrected chi connectivity index (χ2v) is 9.05. The van der Waals surface area contributed by atoms with Gasteiger partial charge in [-0.05, 0) is 42.7 Å². The van der Waals surface area contributed by atoms with Crippen LogP contribution in [0.25, 0.3) is 0 Å². The normalized spacial score (nSPS) is 20.2. The number of aliphatic carboxylic acids is 1. The second kappa shape index (κ2) is 11.8. The van der Waals surface area contributed by atoms with E-state index in [0.29, 0.717) is 56.6 Å². The maximum absolute atomic E-state index is 13.5. The Balaban J connectivity index is 1.44. The molecule has 2 amide bonds. The molecule has 2 fully saturated rings. The van der Waals surface area contributed by atoms with E-state index in [2.05, 4.69) is 0 Å². The molecule has 0 aromatic heterocycles. The number of hydrogen-bond donors (Lipinski definition) is 1. The minimum atomic E-state index is -1.02. The number of hydrogen-bond acceptors (Lipinski definition) is 6. The SMILES string of the molecule is N#Cc1ccc(C(=O)N2C[C@H](OCc3ccccc3)C[C@@H]2C(=O)N2CCC(OCC(=O)O)CC2)cc1. The van der Waals surface area contributed by atoms with Gasteiger partial charge >= 0.3 is 5.97 Å². The molecule has 0 aliphatic carbocycles. The van der Waals surface area contributed by atoms with Crippen molar-refractivity contribution >= 4 is 17.8 Å². The van der Waals surface area contributed by atoms with Crippen molar-refractivity contribution in [3.05, 3.63) is 71.3 Å². The predicted molar refractivity (Wildman–Crippen MR) is 129 cm³/mol. The molecule has 2 aliphatic rings. The van der Waals surface area contributed by atoms with Gasteiger partial charge in [0, 0.05) is 31.6 Å². The van der Waals surface area contributed by atoms with Crippen LogP contribution in [-0.4, -0.2) is 77.2 Å². The fourth-order valence-corrected chi connectivity index (χ4v) is 4.66. The summed E-state index contributed by atoms with van der Waals surface area (Å²) in [6.07, 6.45) is 0.986. The lowest BCUT2D eigenvalue weighted by Gasteiger charge is -2.35. The molecule has 188 valence electrons. The summed E-state index contributed by atoms with van der Waals surface area (Å²) in [7, 11) is 0. The standard InChI is InChI=1S/C27H29N3O6/c28-15-19-6-8-21(9-7-19)26(33)30-16-23(35-17-20-4-2-1-3-5-20)14-24(30)27(34)29-12-10-22(11-13-29)36-18-25(31)32/h1-9,22-24H,10-14,16-18H2,(H,31,32)/t23-,24-/m1/s1. The number of carbonyl (C=O) groups excluding carboxylic acids is 2. The van der Waals surface area contributed by atoms with Crippen molar-refractivity contribution in [2.45, 2.75) is 44.1 Å². The molecule has 2 saturated heterocycles. The highest BCUT2D eigenvalue weighted by Gasteiger charge is 2.42. The third-order valence-electron chi connectivity index (χ3n) is 6.59. The number of benzene rings is 2. The van der Waals surface area contributed by atoms with Crippen molar-refractivity contribution in [1.82, 2.24) is 9.80 Å². The molecular formula is C27H29N3O6. The van der Waals surface area contributed by atoms with Gasteiger partial charge in [-0.15, -0.1) is 0 Å². The molecule has 0 unspecified atom stereocenters. The number of ether oxygens (including phenoxy) is 2. The summed E-state index contributed by atoms with van der Waals surface area (Å²) in [6, 6.07) is 17.5. The third-order valence-corrected chi connectivity index (χ3v) is 6.59. The number of nitriles is 1. The van der Waals surface area contributed by atoms with Gasteiger partial charge in [-0.3, -0.25) is 9.59 Å². The van der Waals surface area contributed by atoms with Crippen molar-refractivity contribution in [2.75, 3.05) is 26.2 Å². The molecule has 0 saturated carbocycles. The topological polar surface area (TPSA) is 120 Å². The first-order valence-corrected chi connectivity index (χ1v) is 12.0. The van der Waals surface area contributed by atoms with Gasteiger partial charge in [0.1, 0.15) is 12.6 Å². The van der Waals surface area contributed by atoms with E-state index < -0.39 is 12.0 Å². The van der Waals surface area contributed by atoms with Crippen LogP contribution in [-0.2, 0) is 25.7 Å². The largest absolute Gasteiger partial charge is 0.480 e. The van der Waals surface area contributed by atoms with E-state index in [9.17, 15) is 14.4 Å². The molecule has 2 heterocycles. The summed E-state index contributed by atoms with van der Waals surface area (Å²) in [5, 5.41) is 17.9. The highest BCUT2D eigenvalue weighted by Crippen LogP contribution is 2.27. The lowest BCUT2D eigenvalue weighted by atomic mass is 10.0. The molecule has 36 heavy (non-hydrogen) atoms. The summed E-state index contributed by atoms with van der Waals surface area (Å²) < 4.78 is 11.5. The number of carboxylic acid groups (broad SMARTS) is 1. The molecule has 9 heteroatoms. The van der Waals surface area contributed by atoms with E-state index in [0.717, 1.165) is 5.56 Å². The highest BCUT2D eigenvalue weighted by molar-refractivity contribution is 5.98. The van der Waals surface area contributed by atoms with Gasteiger partial charge in [0.15, 0.2) is 0 Å². The van der Waals surface area contributed by atoms with Crippen molar-refractivity contribution in [3.8, 4) is 6.07 Å². The van der Waals surface area contributed by atoms with Crippen LogP contribution < -0.4 is 0 Å². The zero-order valence-corrected chi connectivity index (χ0v) is 19.9. The predicted octanol–water partition coefficient (Wildman–Crippen LogP) is 2.45. The maximum Gasteiger partial charge on any atom is 0.329 e. The first-order valence-electron chi connectivity index (χ1n) is 12.0. The molecule has 2 aromatic carbocycles. The van der Waals surface area contributed by atoms with Crippen LogP contribution >= 0.6 is 0 Å². The Morgan fingerprint density at radius 3 is 2.31 bits per heavy atom. The fourth-order valence-electron chi connectivity index (χ4n) is 4.66. The van der Waals surface area contributed by atoms with Crippen molar-refractivity contribution < 1.29 is 29.0 Å². The lowest BCUT2D eigenvalue weighted by Crippen LogP contribution is -2.50. The minimum absolute atomic E-state index is 0.139. The van der Waals surface area contributed by atoms with E-state index >= 15 is 0 Å². The monoisotopic (exact) mass is 491 g/mol. The lowest BCUT2D eigenvalue weighted by molar-refractivity contribution is -0.147. The Hall–Kier alpha value is -3.74. The van der Waals surface area contributed by atoms with Gasteiger partial charge in [0.2, 0.25) is 5.91 Å². The van der Waals surface area contributed by atoms with Gasteiger partial charge in [0.05, 0.1) is 30.4 Å². The summed E-state index contributed by atoms with van der Waals surface area (Å²) in [6.45, 7) is 1.20. The number of piperidine rings is 1.